The van der Waals surface area contributed by atoms with Crippen LogP contribution in [0.25, 0.3) is 0 Å². The summed E-state index contributed by atoms with van der Waals surface area (Å²) >= 11 is 0. The maximum atomic E-state index is 12.5. The van der Waals surface area contributed by atoms with Gasteiger partial charge in [0.05, 0.1) is 0 Å². The van der Waals surface area contributed by atoms with E-state index in [1.807, 2.05) is 18.2 Å². The van der Waals surface area contributed by atoms with Crippen molar-refractivity contribution in [1.29, 1.82) is 0 Å². The monoisotopic (exact) mass is 275 g/mol. The molecule has 0 radical (unpaired) electrons. The van der Waals surface area contributed by atoms with Crippen molar-refractivity contribution in [3.05, 3.63) is 35.4 Å². The molecule has 1 unspecified atom stereocenters. The molecule has 1 heterocycles. The van der Waals surface area contributed by atoms with Gasteiger partial charge < -0.3 is 10.0 Å². The Hall–Kier alpha value is -1.84. The van der Waals surface area contributed by atoms with E-state index in [-0.39, 0.29) is 5.91 Å². The highest BCUT2D eigenvalue weighted by Crippen LogP contribution is 2.30. The fourth-order valence-corrected chi connectivity index (χ4v) is 2.71. The number of hydrogen-bond acceptors (Lipinski definition) is 2. The van der Waals surface area contributed by atoms with Crippen molar-refractivity contribution in [3.8, 4) is 0 Å². The Morgan fingerprint density at radius 2 is 1.80 bits per heavy atom. The number of nitrogens with zero attached hydrogens (tertiary/aromatic N) is 1. The van der Waals surface area contributed by atoms with Gasteiger partial charge in [-0.2, -0.15) is 0 Å². The molecule has 108 valence electrons. The van der Waals surface area contributed by atoms with Crippen molar-refractivity contribution >= 4 is 11.9 Å². The molecule has 0 saturated heterocycles. The quantitative estimate of drug-likeness (QED) is 0.843. The van der Waals surface area contributed by atoms with Crippen LogP contribution in [-0.2, 0) is 22.6 Å². The summed E-state index contributed by atoms with van der Waals surface area (Å²) in [5.74, 6) is -2.31. The number of fused-ring (bicyclic) bond motifs is 1. The number of amides is 1. The van der Waals surface area contributed by atoms with Gasteiger partial charge >= 0.3 is 5.97 Å². The van der Waals surface area contributed by atoms with E-state index in [4.69, 9.17) is 0 Å². The number of rotatable bonds is 2. The molecule has 0 aromatic heterocycles. The Kier molecular flexibility index (Phi) is 3.84. The zero-order valence-corrected chi connectivity index (χ0v) is 12.2. The minimum Gasteiger partial charge on any atom is -0.481 e. The molecule has 4 nitrogen and oxygen atoms in total. The van der Waals surface area contributed by atoms with Crippen LogP contribution in [0.15, 0.2) is 24.3 Å². The molecule has 2 rings (SSSR count). The topological polar surface area (TPSA) is 57.6 Å². The van der Waals surface area contributed by atoms with Crippen molar-refractivity contribution in [2.24, 2.45) is 11.3 Å². The first kappa shape index (κ1) is 14.6. The molecule has 0 saturated carbocycles. The number of aliphatic carboxylic acids is 1. The average Bonchev–Trinajstić information content (AvgIpc) is 2.36. The van der Waals surface area contributed by atoms with Crippen LogP contribution in [0.1, 0.15) is 31.9 Å². The Morgan fingerprint density at radius 1 is 1.20 bits per heavy atom. The maximum absolute atomic E-state index is 12.5. The lowest BCUT2D eigenvalue weighted by Gasteiger charge is -2.34. The van der Waals surface area contributed by atoms with Crippen molar-refractivity contribution in [2.75, 3.05) is 6.54 Å². The molecule has 1 aromatic carbocycles. The third kappa shape index (κ3) is 2.84. The van der Waals surface area contributed by atoms with E-state index in [1.165, 1.54) is 5.56 Å². The normalized spacial score (nSPS) is 16.4. The van der Waals surface area contributed by atoms with Gasteiger partial charge in [-0.1, -0.05) is 45.0 Å². The van der Waals surface area contributed by atoms with E-state index in [1.54, 1.807) is 25.7 Å². The molecule has 4 heteroatoms. The zero-order valence-electron chi connectivity index (χ0n) is 12.2. The molecule has 0 aliphatic carbocycles. The molecule has 0 fully saturated rings. The number of carboxylic acids is 1. The Balaban J connectivity index is 2.21. The van der Waals surface area contributed by atoms with Crippen LogP contribution in [0.4, 0.5) is 0 Å². The van der Waals surface area contributed by atoms with Gasteiger partial charge in [0.2, 0.25) is 5.91 Å². The number of carbonyl (C=O) groups is 2. The number of carbonyl (C=O) groups excluding carboxylic acids is 1. The maximum Gasteiger partial charge on any atom is 0.316 e. The van der Waals surface area contributed by atoms with Gasteiger partial charge in [0.15, 0.2) is 0 Å². The van der Waals surface area contributed by atoms with Crippen molar-refractivity contribution in [3.63, 3.8) is 0 Å². The highest BCUT2D eigenvalue weighted by atomic mass is 16.4. The third-order valence-corrected chi connectivity index (χ3v) is 3.80. The van der Waals surface area contributed by atoms with Gasteiger partial charge in [0, 0.05) is 13.1 Å². The number of hydrogen-bond donors (Lipinski definition) is 1. The first-order valence-electron chi connectivity index (χ1n) is 6.89. The standard InChI is InChI=1S/C16H21NO3/c1-16(2,3)13(15(19)20)14(18)17-9-8-11-6-4-5-7-12(11)10-17/h4-7,13H,8-10H2,1-3H3,(H,19,20). The molecule has 1 aliphatic rings. The van der Waals surface area contributed by atoms with Crippen LogP contribution in [0.2, 0.25) is 0 Å². The lowest BCUT2D eigenvalue weighted by molar-refractivity contribution is -0.156. The van der Waals surface area contributed by atoms with E-state index in [9.17, 15) is 14.7 Å². The van der Waals surface area contributed by atoms with E-state index >= 15 is 0 Å². The third-order valence-electron chi connectivity index (χ3n) is 3.80. The molecule has 1 aliphatic heterocycles. The average molecular weight is 275 g/mol. The number of benzene rings is 1. The minimum atomic E-state index is -1.04. The molecule has 1 atom stereocenters. The molecule has 1 N–H and O–H groups in total. The van der Waals surface area contributed by atoms with E-state index < -0.39 is 17.3 Å². The lowest BCUT2D eigenvalue weighted by Crippen LogP contribution is -2.46. The summed E-state index contributed by atoms with van der Waals surface area (Å²) in [6, 6.07) is 8.01. The minimum absolute atomic E-state index is 0.278. The smallest absolute Gasteiger partial charge is 0.316 e. The van der Waals surface area contributed by atoms with Crippen LogP contribution >= 0.6 is 0 Å². The predicted octanol–water partition coefficient (Wildman–Crippen LogP) is 2.32. The molecular formula is C16H21NO3. The van der Waals surface area contributed by atoms with E-state index in [2.05, 4.69) is 6.07 Å². The van der Waals surface area contributed by atoms with Gasteiger partial charge in [0.25, 0.3) is 0 Å². The first-order chi connectivity index (χ1) is 9.30. The summed E-state index contributed by atoms with van der Waals surface area (Å²) in [7, 11) is 0. The summed E-state index contributed by atoms with van der Waals surface area (Å²) in [6.45, 7) is 6.48. The fourth-order valence-electron chi connectivity index (χ4n) is 2.71. The fraction of sp³-hybridized carbons (Fsp3) is 0.500. The van der Waals surface area contributed by atoms with Crippen LogP contribution in [0, 0.1) is 11.3 Å². The first-order valence-corrected chi connectivity index (χ1v) is 6.89. The van der Waals surface area contributed by atoms with Gasteiger partial charge in [-0.25, -0.2) is 0 Å². The molecule has 20 heavy (non-hydrogen) atoms. The van der Waals surface area contributed by atoms with Gasteiger partial charge in [-0.15, -0.1) is 0 Å². The zero-order chi connectivity index (χ0) is 14.9. The highest BCUT2D eigenvalue weighted by Gasteiger charge is 2.40. The number of carboxylic acid groups (broad SMARTS) is 1. The van der Waals surface area contributed by atoms with E-state index in [0.29, 0.717) is 13.1 Å². The Labute approximate surface area is 119 Å². The molecule has 1 amide bonds. The van der Waals surface area contributed by atoms with Crippen molar-refractivity contribution < 1.29 is 14.7 Å². The van der Waals surface area contributed by atoms with Crippen LogP contribution in [-0.4, -0.2) is 28.4 Å². The van der Waals surface area contributed by atoms with Gasteiger partial charge in [-0.3, -0.25) is 9.59 Å². The molecular weight excluding hydrogens is 254 g/mol. The van der Waals surface area contributed by atoms with Crippen molar-refractivity contribution in [2.45, 2.75) is 33.7 Å². The second-order valence-corrected chi connectivity index (χ2v) is 6.42. The summed E-state index contributed by atoms with van der Waals surface area (Å²) < 4.78 is 0. The predicted molar refractivity (Wildman–Crippen MR) is 76.1 cm³/mol. The second-order valence-electron chi connectivity index (χ2n) is 6.42. The summed E-state index contributed by atoms with van der Waals surface area (Å²) in [6.07, 6.45) is 0.790. The summed E-state index contributed by atoms with van der Waals surface area (Å²) in [5.41, 5.74) is 1.78. The van der Waals surface area contributed by atoms with Crippen LogP contribution in [0.3, 0.4) is 0 Å². The van der Waals surface area contributed by atoms with Gasteiger partial charge in [-0.05, 0) is 23.0 Å². The second kappa shape index (κ2) is 5.27. The molecule has 0 bridgehead atoms. The Morgan fingerprint density at radius 3 is 2.35 bits per heavy atom. The highest BCUT2D eigenvalue weighted by molar-refractivity contribution is 5.97. The summed E-state index contributed by atoms with van der Waals surface area (Å²) in [4.78, 5) is 25.6. The Bertz CT molecular complexity index is 531. The lowest BCUT2D eigenvalue weighted by atomic mass is 9.79. The van der Waals surface area contributed by atoms with Crippen LogP contribution in [0.5, 0.6) is 0 Å². The summed E-state index contributed by atoms with van der Waals surface area (Å²) in [5, 5.41) is 9.36. The van der Waals surface area contributed by atoms with Gasteiger partial charge in [0.1, 0.15) is 5.92 Å². The van der Waals surface area contributed by atoms with Crippen LogP contribution < -0.4 is 0 Å². The molecule has 1 aromatic rings. The van der Waals surface area contributed by atoms with E-state index in [0.717, 1.165) is 12.0 Å². The largest absolute Gasteiger partial charge is 0.481 e. The van der Waals surface area contributed by atoms with Crippen molar-refractivity contribution in [1.82, 2.24) is 4.90 Å². The SMILES string of the molecule is CC(C)(C)C(C(=O)O)C(=O)N1CCc2ccccc2C1. The molecule has 0 spiro atoms.